The summed E-state index contributed by atoms with van der Waals surface area (Å²) >= 11 is 1.58. The molecule has 2 heterocycles. The number of benzene rings is 1. The number of hydrogen-bond acceptors (Lipinski definition) is 4. The van der Waals surface area contributed by atoms with Crippen LogP contribution in [0, 0.1) is 19.7 Å². The Bertz CT molecular complexity index is 723. The molecule has 1 N–H and O–H groups in total. The van der Waals surface area contributed by atoms with Crippen molar-refractivity contribution in [1.82, 2.24) is 15.2 Å². The number of likely N-dealkylation sites (tertiary alicyclic amines) is 1. The zero-order valence-corrected chi connectivity index (χ0v) is 15.5. The van der Waals surface area contributed by atoms with Crippen LogP contribution in [0.2, 0.25) is 0 Å². The van der Waals surface area contributed by atoms with Crippen LogP contribution >= 0.6 is 11.3 Å². The van der Waals surface area contributed by atoms with Gasteiger partial charge in [0.25, 0.3) is 0 Å². The van der Waals surface area contributed by atoms with Crippen molar-refractivity contribution in [1.29, 1.82) is 0 Å². The largest absolute Gasteiger partial charge is 0.354 e. The van der Waals surface area contributed by atoms with Crippen molar-refractivity contribution in [2.45, 2.75) is 39.2 Å². The maximum Gasteiger partial charge on any atom is 0.225 e. The van der Waals surface area contributed by atoms with Gasteiger partial charge in [0.15, 0.2) is 0 Å². The van der Waals surface area contributed by atoms with Crippen LogP contribution in [0.15, 0.2) is 24.3 Å². The molecule has 1 saturated heterocycles. The average molecular weight is 361 g/mol. The molecule has 6 heteroatoms. The molecule has 1 amide bonds. The van der Waals surface area contributed by atoms with E-state index in [1.54, 1.807) is 11.3 Å². The first-order valence-electron chi connectivity index (χ1n) is 8.72. The molecule has 25 heavy (non-hydrogen) atoms. The highest BCUT2D eigenvalue weighted by molar-refractivity contribution is 7.11. The van der Waals surface area contributed by atoms with Gasteiger partial charge in [0.05, 0.1) is 23.2 Å². The van der Waals surface area contributed by atoms with Crippen LogP contribution in [0.4, 0.5) is 4.39 Å². The van der Waals surface area contributed by atoms with Crippen LogP contribution in [0.3, 0.4) is 0 Å². The van der Waals surface area contributed by atoms with E-state index in [0.717, 1.165) is 34.2 Å². The summed E-state index contributed by atoms with van der Waals surface area (Å²) in [4.78, 5) is 20.1. The van der Waals surface area contributed by atoms with Gasteiger partial charge >= 0.3 is 0 Å². The SMILES string of the molecule is Cc1nc(C)c(CC(=O)NCC(c2ccc(F)cc2)N2CCCC2)s1. The van der Waals surface area contributed by atoms with Crippen LogP contribution < -0.4 is 5.32 Å². The third-order valence-corrected chi connectivity index (χ3v) is 5.72. The topological polar surface area (TPSA) is 45.2 Å². The minimum Gasteiger partial charge on any atom is -0.354 e. The first-order chi connectivity index (χ1) is 12.0. The number of aryl methyl sites for hydroxylation is 2. The lowest BCUT2D eigenvalue weighted by Crippen LogP contribution is -2.37. The molecule has 1 unspecified atom stereocenters. The van der Waals surface area contributed by atoms with E-state index in [0.29, 0.717) is 13.0 Å². The van der Waals surface area contributed by atoms with Crippen molar-refractivity contribution < 1.29 is 9.18 Å². The molecule has 1 atom stereocenters. The Hall–Kier alpha value is -1.79. The molecule has 0 spiro atoms. The monoisotopic (exact) mass is 361 g/mol. The second-order valence-corrected chi connectivity index (χ2v) is 7.82. The number of nitrogens with zero attached hydrogens (tertiary/aromatic N) is 2. The molecule has 0 saturated carbocycles. The van der Waals surface area contributed by atoms with Crippen molar-refractivity contribution in [3.05, 3.63) is 51.2 Å². The molecule has 4 nitrogen and oxygen atoms in total. The first-order valence-corrected chi connectivity index (χ1v) is 9.53. The fraction of sp³-hybridized carbons (Fsp3) is 0.474. The standard InChI is InChI=1S/C19H24FN3OS/c1-13-18(25-14(2)22-13)11-19(24)21-12-17(23-9-3-4-10-23)15-5-7-16(20)8-6-15/h5-8,17H,3-4,9-12H2,1-2H3,(H,21,24). The average Bonchev–Trinajstić information content (AvgIpc) is 3.20. The van der Waals surface area contributed by atoms with Crippen LogP contribution in [-0.4, -0.2) is 35.4 Å². The molecule has 2 aromatic rings. The molecule has 3 rings (SSSR count). The van der Waals surface area contributed by atoms with E-state index in [-0.39, 0.29) is 17.8 Å². The van der Waals surface area contributed by atoms with Gasteiger partial charge in [-0.3, -0.25) is 9.69 Å². The summed E-state index contributed by atoms with van der Waals surface area (Å²) in [5.74, 6) is -0.220. The predicted molar refractivity (Wildman–Crippen MR) is 98.2 cm³/mol. The summed E-state index contributed by atoms with van der Waals surface area (Å²) in [6, 6.07) is 6.71. The minimum absolute atomic E-state index is 0.0121. The van der Waals surface area contributed by atoms with Crippen molar-refractivity contribution in [2.75, 3.05) is 19.6 Å². The van der Waals surface area contributed by atoms with Gasteiger partial charge in [-0.15, -0.1) is 11.3 Å². The summed E-state index contributed by atoms with van der Waals surface area (Å²) in [6.07, 6.45) is 2.71. The maximum atomic E-state index is 13.2. The zero-order valence-electron chi connectivity index (χ0n) is 14.7. The van der Waals surface area contributed by atoms with Crippen molar-refractivity contribution in [3.63, 3.8) is 0 Å². The Morgan fingerprint density at radius 3 is 2.56 bits per heavy atom. The van der Waals surface area contributed by atoms with Gasteiger partial charge in [-0.2, -0.15) is 0 Å². The number of carbonyl (C=O) groups is 1. The second-order valence-electron chi connectivity index (χ2n) is 6.53. The lowest BCUT2D eigenvalue weighted by Gasteiger charge is -2.28. The lowest BCUT2D eigenvalue weighted by molar-refractivity contribution is -0.120. The van der Waals surface area contributed by atoms with Gasteiger partial charge in [-0.05, 0) is 57.5 Å². The zero-order chi connectivity index (χ0) is 17.8. The molecule has 134 valence electrons. The van der Waals surface area contributed by atoms with Crippen LogP contribution in [-0.2, 0) is 11.2 Å². The third-order valence-electron chi connectivity index (χ3n) is 4.65. The number of aromatic nitrogens is 1. The van der Waals surface area contributed by atoms with Crippen molar-refractivity contribution in [3.8, 4) is 0 Å². The minimum atomic E-state index is -0.232. The van der Waals surface area contributed by atoms with E-state index in [1.807, 2.05) is 26.0 Å². The highest BCUT2D eigenvalue weighted by Crippen LogP contribution is 2.25. The van der Waals surface area contributed by atoms with E-state index >= 15 is 0 Å². The number of rotatable bonds is 6. The molecule has 1 aromatic heterocycles. The fourth-order valence-corrected chi connectivity index (χ4v) is 4.29. The number of amides is 1. The summed E-state index contributed by atoms with van der Waals surface area (Å²) in [5.41, 5.74) is 1.99. The van der Waals surface area contributed by atoms with Crippen molar-refractivity contribution >= 4 is 17.2 Å². The lowest BCUT2D eigenvalue weighted by atomic mass is 10.1. The first kappa shape index (κ1) is 18.0. The van der Waals surface area contributed by atoms with E-state index in [9.17, 15) is 9.18 Å². The van der Waals surface area contributed by atoms with Gasteiger partial charge in [0.2, 0.25) is 5.91 Å². The highest BCUT2D eigenvalue weighted by atomic mass is 32.1. The van der Waals surface area contributed by atoms with Gasteiger partial charge in [0.1, 0.15) is 5.82 Å². The van der Waals surface area contributed by atoms with Gasteiger partial charge in [0, 0.05) is 11.4 Å². The molecule has 0 aliphatic carbocycles. The van der Waals surface area contributed by atoms with Crippen LogP contribution in [0.5, 0.6) is 0 Å². The third kappa shape index (κ3) is 4.64. The molecular formula is C19H24FN3OS. The smallest absolute Gasteiger partial charge is 0.225 e. The second kappa shape index (κ2) is 8.06. The summed E-state index contributed by atoms with van der Waals surface area (Å²) in [7, 11) is 0. The quantitative estimate of drug-likeness (QED) is 0.858. The van der Waals surface area contributed by atoms with Gasteiger partial charge in [-0.25, -0.2) is 9.37 Å². The summed E-state index contributed by atoms with van der Waals surface area (Å²) < 4.78 is 13.2. The van der Waals surface area contributed by atoms with E-state index in [4.69, 9.17) is 0 Å². The van der Waals surface area contributed by atoms with Gasteiger partial charge < -0.3 is 5.32 Å². The molecule has 0 bridgehead atoms. The fourth-order valence-electron chi connectivity index (χ4n) is 3.35. The van der Waals surface area contributed by atoms with Crippen LogP contribution in [0.25, 0.3) is 0 Å². The Balaban J connectivity index is 1.64. The Kier molecular flexibility index (Phi) is 5.81. The van der Waals surface area contributed by atoms with Crippen LogP contribution in [0.1, 0.15) is 40.0 Å². The molecule has 1 aliphatic rings. The maximum absolute atomic E-state index is 13.2. The van der Waals surface area contributed by atoms with E-state index < -0.39 is 0 Å². The Morgan fingerprint density at radius 1 is 1.28 bits per heavy atom. The normalized spacial score (nSPS) is 16.1. The number of hydrogen-bond donors (Lipinski definition) is 1. The molecule has 1 fully saturated rings. The Morgan fingerprint density at radius 2 is 1.96 bits per heavy atom. The van der Waals surface area contributed by atoms with Gasteiger partial charge in [-0.1, -0.05) is 12.1 Å². The number of halogens is 1. The van der Waals surface area contributed by atoms with E-state index in [2.05, 4.69) is 15.2 Å². The number of nitrogens with one attached hydrogen (secondary N) is 1. The molecule has 1 aliphatic heterocycles. The molecule has 0 radical (unpaired) electrons. The Labute approximate surface area is 152 Å². The van der Waals surface area contributed by atoms with E-state index in [1.165, 1.54) is 25.0 Å². The number of carbonyl (C=O) groups excluding carboxylic acids is 1. The molecule has 1 aromatic carbocycles. The molecular weight excluding hydrogens is 337 g/mol. The predicted octanol–water partition coefficient (Wildman–Crippen LogP) is 3.39. The van der Waals surface area contributed by atoms with Crippen molar-refractivity contribution in [2.24, 2.45) is 0 Å². The number of thiazole rings is 1. The summed E-state index contributed by atoms with van der Waals surface area (Å²) in [5, 5.41) is 4.05. The highest BCUT2D eigenvalue weighted by Gasteiger charge is 2.24. The summed E-state index contributed by atoms with van der Waals surface area (Å²) in [6.45, 7) is 6.48.